The molecule has 0 saturated heterocycles. The van der Waals surface area contributed by atoms with Crippen molar-refractivity contribution in [3.63, 3.8) is 0 Å². The number of nitrogens with zero attached hydrogens (tertiary/aromatic N) is 1. The Morgan fingerprint density at radius 3 is 2.62 bits per heavy atom. The van der Waals surface area contributed by atoms with E-state index in [-0.39, 0.29) is 6.10 Å². The molecule has 0 radical (unpaired) electrons. The summed E-state index contributed by atoms with van der Waals surface area (Å²) in [7, 11) is 0. The highest BCUT2D eigenvalue weighted by Gasteiger charge is 2.04. The van der Waals surface area contributed by atoms with Crippen LogP contribution in [0.5, 0.6) is 0 Å². The zero-order chi connectivity index (χ0) is 11.6. The van der Waals surface area contributed by atoms with Gasteiger partial charge in [0, 0.05) is 12.8 Å². The summed E-state index contributed by atoms with van der Waals surface area (Å²) in [4.78, 5) is 4.43. The predicted octanol–water partition coefficient (Wildman–Crippen LogP) is 3.31. The number of hydrogen-bond donors (Lipinski definition) is 0. The van der Waals surface area contributed by atoms with Crippen LogP contribution in [0, 0.1) is 0 Å². The minimum absolute atomic E-state index is 0.273. The number of ether oxygens (including phenoxy) is 1. The Hall–Kier alpha value is -1.15. The fourth-order valence-electron chi connectivity index (χ4n) is 1.60. The third-order valence-electron chi connectivity index (χ3n) is 2.36. The van der Waals surface area contributed by atoms with Crippen molar-refractivity contribution < 1.29 is 4.74 Å². The van der Waals surface area contributed by atoms with Gasteiger partial charge in [0.15, 0.2) is 0 Å². The van der Waals surface area contributed by atoms with Gasteiger partial charge >= 0.3 is 0 Å². The van der Waals surface area contributed by atoms with Crippen molar-refractivity contribution in [3.05, 3.63) is 35.9 Å². The molecule has 0 amide bonds. The Morgan fingerprint density at radius 2 is 2.00 bits per heavy atom. The average molecular weight is 219 g/mol. The molecule has 0 aromatic heterocycles. The lowest BCUT2D eigenvalue weighted by Crippen LogP contribution is -2.16. The average Bonchev–Trinajstić information content (AvgIpc) is 2.31. The van der Waals surface area contributed by atoms with E-state index in [1.807, 2.05) is 31.3 Å². The van der Waals surface area contributed by atoms with E-state index in [2.05, 4.69) is 24.0 Å². The molecule has 0 heterocycles. The van der Waals surface area contributed by atoms with Crippen molar-refractivity contribution in [2.45, 2.75) is 32.8 Å². The highest BCUT2D eigenvalue weighted by atomic mass is 16.5. The summed E-state index contributed by atoms with van der Waals surface area (Å²) in [6.45, 7) is 5.73. The van der Waals surface area contributed by atoms with E-state index in [9.17, 15) is 0 Å². The molecule has 0 spiro atoms. The maximum absolute atomic E-state index is 5.61. The fraction of sp³-hybridized carbons (Fsp3) is 0.500. The first-order valence-electron chi connectivity index (χ1n) is 6.03. The molecule has 0 fully saturated rings. The summed E-state index contributed by atoms with van der Waals surface area (Å²) in [5.41, 5.74) is 1.15. The lowest BCUT2D eigenvalue weighted by Gasteiger charge is -2.13. The van der Waals surface area contributed by atoms with Crippen LogP contribution in [0.1, 0.15) is 32.3 Å². The zero-order valence-electron chi connectivity index (χ0n) is 10.2. The largest absolute Gasteiger partial charge is 0.377 e. The van der Waals surface area contributed by atoms with Crippen LogP contribution in [0.3, 0.4) is 0 Å². The van der Waals surface area contributed by atoms with Gasteiger partial charge in [-0.25, -0.2) is 0 Å². The first-order valence-corrected chi connectivity index (χ1v) is 6.03. The zero-order valence-corrected chi connectivity index (χ0v) is 10.2. The van der Waals surface area contributed by atoms with E-state index in [1.54, 1.807) is 0 Å². The Kier molecular flexibility index (Phi) is 6.50. The molecule has 0 aliphatic rings. The molecule has 0 aliphatic heterocycles. The van der Waals surface area contributed by atoms with Crippen molar-refractivity contribution in [1.29, 1.82) is 0 Å². The first kappa shape index (κ1) is 12.9. The standard InChI is InChI=1S/C14H21NO/c1-3-8-14(16-4-2)12-15-11-13-9-6-5-7-10-13/h5-7,9-11,14H,3-4,8,12H2,1-2H3. The predicted molar refractivity (Wildman–Crippen MR) is 69.2 cm³/mol. The quantitative estimate of drug-likeness (QED) is 0.645. The van der Waals surface area contributed by atoms with Crippen LogP contribution in [0.4, 0.5) is 0 Å². The van der Waals surface area contributed by atoms with Crippen LogP contribution in [0.15, 0.2) is 35.3 Å². The van der Waals surface area contributed by atoms with Gasteiger partial charge in [-0.05, 0) is 18.9 Å². The topological polar surface area (TPSA) is 21.6 Å². The monoisotopic (exact) mass is 219 g/mol. The molecule has 0 N–H and O–H groups in total. The lowest BCUT2D eigenvalue weighted by atomic mass is 10.2. The molecule has 1 aromatic rings. The highest BCUT2D eigenvalue weighted by molar-refractivity contribution is 5.79. The van der Waals surface area contributed by atoms with E-state index in [0.717, 1.165) is 31.6 Å². The van der Waals surface area contributed by atoms with Crippen molar-refractivity contribution in [2.24, 2.45) is 4.99 Å². The molecule has 16 heavy (non-hydrogen) atoms. The van der Waals surface area contributed by atoms with E-state index in [4.69, 9.17) is 4.74 Å². The third kappa shape index (κ3) is 5.08. The normalized spacial score (nSPS) is 13.1. The molecule has 0 aliphatic carbocycles. The summed E-state index contributed by atoms with van der Waals surface area (Å²) in [5, 5.41) is 0. The lowest BCUT2D eigenvalue weighted by molar-refractivity contribution is 0.0630. The third-order valence-corrected chi connectivity index (χ3v) is 2.36. The van der Waals surface area contributed by atoms with E-state index >= 15 is 0 Å². The molecule has 0 saturated carbocycles. The van der Waals surface area contributed by atoms with Gasteiger partial charge in [0.2, 0.25) is 0 Å². The van der Waals surface area contributed by atoms with Gasteiger partial charge in [-0.3, -0.25) is 4.99 Å². The van der Waals surface area contributed by atoms with Crippen LogP contribution < -0.4 is 0 Å². The Labute approximate surface area is 98.4 Å². The molecule has 1 atom stereocenters. The van der Waals surface area contributed by atoms with Crippen LogP contribution in [-0.4, -0.2) is 25.5 Å². The van der Waals surface area contributed by atoms with Crippen molar-refractivity contribution >= 4 is 6.21 Å². The molecule has 1 unspecified atom stereocenters. The van der Waals surface area contributed by atoms with Gasteiger partial charge in [-0.15, -0.1) is 0 Å². The Morgan fingerprint density at radius 1 is 1.25 bits per heavy atom. The smallest absolute Gasteiger partial charge is 0.0769 e. The number of rotatable bonds is 7. The molecule has 2 heteroatoms. The summed E-state index contributed by atoms with van der Waals surface area (Å²) >= 11 is 0. The van der Waals surface area contributed by atoms with Gasteiger partial charge in [0.1, 0.15) is 0 Å². The summed E-state index contributed by atoms with van der Waals surface area (Å²) in [6, 6.07) is 10.2. The van der Waals surface area contributed by atoms with Gasteiger partial charge in [-0.2, -0.15) is 0 Å². The second-order valence-electron chi connectivity index (χ2n) is 3.77. The minimum Gasteiger partial charge on any atom is -0.377 e. The van der Waals surface area contributed by atoms with Crippen LogP contribution in [0.2, 0.25) is 0 Å². The van der Waals surface area contributed by atoms with E-state index < -0.39 is 0 Å². The van der Waals surface area contributed by atoms with Crippen molar-refractivity contribution in [1.82, 2.24) is 0 Å². The minimum atomic E-state index is 0.273. The summed E-state index contributed by atoms with van der Waals surface area (Å²) in [5.74, 6) is 0. The molecule has 0 bridgehead atoms. The molecule has 2 nitrogen and oxygen atoms in total. The van der Waals surface area contributed by atoms with Crippen LogP contribution in [0.25, 0.3) is 0 Å². The fourth-order valence-corrected chi connectivity index (χ4v) is 1.60. The molecular formula is C14H21NO. The van der Waals surface area contributed by atoms with Gasteiger partial charge < -0.3 is 4.74 Å². The SMILES string of the molecule is CCCC(CN=Cc1ccccc1)OCC. The molecule has 88 valence electrons. The second kappa shape index (κ2) is 8.05. The molecule has 1 aromatic carbocycles. The van der Waals surface area contributed by atoms with E-state index in [0.29, 0.717) is 0 Å². The van der Waals surface area contributed by atoms with Gasteiger partial charge in [0.25, 0.3) is 0 Å². The van der Waals surface area contributed by atoms with Crippen molar-refractivity contribution in [3.8, 4) is 0 Å². The van der Waals surface area contributed by atoms with Crippen LogP contribution in [-0.2, 0) is 4.74 Å². The van der Waals surface area contributed by atoms with Gasteiger partial charge in [0.05, 0.1) is 12.6 Å². The Bertz CT molecular complexity index is 289. The molecule has 1 rings (SSSR count). The highest BCUT2D eigenvalue weighted by Crippen LogP contribution is 2.03. The second-order valence-corrected chi connectivity index (χ2v) is 3.77. The Balaban J connectivity index is 2.39. The maximum atomic E-state index is 5.61. The number of hydrogen-bond acceptors (Lipinski definition) is 2. The number of aliphatic imine (C=N–C) groups is 1. The summed E-state index contributed by atoms with van der Waals surface area (Å²) < 4.78 is 5.61. The molecular weight excluding hydrogens is 198 g/mol. The summed E-state index contributed by atoms with van der Waals surface area (Å²) in [6.07, 6.45) is 4.42. The van der Waals surface area contributed by atoms with Crippen LogP contribution >= 0.6 is 0 Å². The maximum Gasteiger partial charge on any atom is 0.0769 e. The van der Waals surface area contributed by atoms with E-state index in [1.165, 1.54) is 0 Å². The first-order chi connectivity index (χ1) is 7.86. The van der Waals surface area contributed by atoms with Gasteiger partial charge in [-0.1, -0.05) is 43.7 Å². The van der Waals surface area contributed by atoms with Crippen molar-refractivity contribution in [2.75, 3.05) is 13.2 Å². The number of benzene rings is 1.